The van der Waals surface area contributed by atoms with E-state index < -0.39 is 0 Å². The van der Waals surface area contributed by atoms with Crippen LogP contribution in [-0.2, 0) is 6.54 Å². The zero-order chi connectivity index (χ0) is 13.2. The van der Waals surface area contributed by atoms with E-state index in [9.17, 15) is 10.1 Å². The highest BCUT2D eigenvalue weighted by Crippen LogP contribution is 2.46. The van der Waals surface area contributed by atoms with Crippen LogP contribution >= 0.6 is 27.7 Å². The van der Waals surface area contributed by atoms with E-state index in [1.807, 2.05) is 17.8 Å². The first-order valence-electron chi connectivity index (χ1n) is 5.75. The molecule has 0 aromatic heterocycles. The predicted molar refractivity (Wildman–Crippen MR) is 78.0 cm³/mol. The monoisotopic (exact) mass is 330 g/mol. The summed E-state index contributed by atoms with van der Waals surface area (Å²) in [6.07, 6.45) is 4.67. The van der Waals surface area contributed by atoms with E-state index in [4.69, 9.17) is 0 Å². The summed E-state index contributed by atoms with van der Waals surface area (Å²) in [6, 6.07) is 5.26. The zero-order valence-corrected chi connectivity index (χ0v) is 12.5. The van der Waals surface area contributed by atoms with Crippen LogP contribution in [0, 0.1) is 10.1 Å². The molecular weight excluding hydrogens is 316 g/mol. The molecule has 0 unspecified atom stereocenters. The summed E-state index contributed by atoms with van der Waals surface area (Å²) in [5.74, 6) is 0. The number of thioether (sulfide) groups is 1. The molecule has 0 spiro atoms. The van der Waals surface area contributed by atoms with Crippen LogP contribution in [0.1, 0.15) is 18.4 Å². The second-order valence-electron chi connectivity index (χ2n) is 4.53. The summed E-state index contributed by atoms with van der Waals surface area (Å²) < 4.78 is 0.945. The lowest BCUT2D eigenvalue weighted by atomic mass is 10.2. The van der Waals surface area contributed by atoms with Crippen LogP contribution in [0.5, 0.6) is 0 Å². The number of benzene rings is 1. The van der Waals surface area contributed by atoms with Crippen LogP contribution in [-0.4, -0.2) is 22.5 Å². The topological polar surface area (TPSA) is 55.2 Å². The molecule has 2 rings (SSSR count). The van der Waals surface area contributed by atoms with Crippen LogP contribution in [0.2, 0.25) is 0 Å². The van der Waals surface area contributed by atoms with Gasteiger partial charge in [0.15, 0.2) is 0 Å². The summed E-state index contributed by atoms with van der Waals surface area (Å²) in [6.45, 7) is 1.65. The Labute approximate surface area is 119 Å². The predicted octanol–water partition coefficient (Wildman–Crippen LogP) is 3.34. The Morgan fingerprint density at radius 2 is 2.28 bits per heavy atom. The van der Waals surface area contributed by atoms with Gasteiger partial charge in [0, 0.05) is 23.9 Å². The van der Waals surface area contributed by atoms with Gasteiger partial charge in [-0.3, -0.25) is 10.1 Å². The second kappa shape index (κ2) is 5.59. The lowest BCUT2D eigenvalue weighted by Crippen LogP contribution is -2.25. The molecular formula is C12H15BrN2O2S. The van der Waals surface area contributed by atoms with Gasteiger partial charge in [0.2, 0.25) is 0 Å². The molecule has 1 aromatic rings. The Morgan fingerprint density at radius 3 is 2.83 bits per heavy atom. The van der Waals surface area contributed by atoms with Crippen molar-refractivity contribution in [1.82, 2.24) is 5.32 Å². The van der Waals surface area contributed by atoms with Gasteiger partial charge in [-0.2, -0.15) is 11.8 Å². The molecule has 0 saturated heterocycles. The molecule has 1 saturated carbocycles. The number of nitro groups is 1. The number of nitro benzene ring substituents is 1. The summed E-state index contributed by atoms with van der Waals surface area (Å²) >= 11 is 5.09. The molecule has 98 valence electrons. The minimum absolute atomic E-state index is 0.125. The van der Waals surface area contributed by atoms with Gasteiger partial charge in [-0.25, -0.2) is 0 Å². The number of halogens is 1. The van der Waals surface area contributed by atoms with Crippen molar-refractivity contribution in [2.45, 2.75) is 24.1 Å². The molecule has 6 heteroatoms. The highest BCUT2D eigenvalue weighted by molar-refractivity contribution is 9.10. The number of hydrogen-bond donors (Lipinski definition) is 1. The lowest BCUT2D eigenvalue weighted by Gasteiger charge is -2.13. The van der Waals surface area contributed by atoms with Gasteiger partial charge in [-0.1, -0.05) is 6.07 Å². The smallest absolute Gasteiger partial charge is 0.283 e. The van der Waals surface area contributed by atoms with Crippen molar-refractivity contribution < 1.29 is 4.92 Å². The van der Waals surface area contributed by atoms with Crippen LogP contribution in [0.3, 0.4) is 0 Å². The fourth-order valence-corrected chi connectivity index (χ4v) is 2.98. The fourth-order valence-electron chi connectivity index (χ4n) is 1.84. The Kier molecular flexibility index (Phi) is 4.29. The van der Waals surface area contributed by atoms with Crippen molar-refractivity contribution in [3.63, 3.8) is 0 Å². The van der Waals surface area contributed by atoms with Gasteiger partial charge < -0.3 is 5.32 Å². The lowest BCUT2D eigenvalue weighted by molar-refractivity contribution is -0.385. The molecule has 0 radical (unpaired) electrons. The number of nitrogens with one attached hydrogen (secondary N) is 1. The van der Waals surface area contributed by atoms with Gasteiger partial charge >= 0.3 is 0 Å². The highest BCUT2D eigenvalue weighted by atomic mass is 79.9. The van der Waals surface area contributed by atoms with Crippen LogP contribution in [0.4, 0.5) is 5.69 Å². The maximum Gasteiger partial charge on any atom is 0.283 e. The zero-order valence-electron chi connectivity index (χ0n) is 10.1. The Balaban J connectivity index is 1.93. The molecule has 1 aliphatic rings. The molecule has 1 aromatic carbocycles. The molecule has 0 heterocycles. The molecule has 0 atom stereocenters. The summed E-state index contributed by atoms with van der Waals surface area (Å²) in [7, 11) is 0. The number of nitrogens with zero attached hydrogens (tertiary/aromatic N) is 1. The van der Waals surface area contributed by atoms with Crippen molar-refractivity contribution in [2.75, 3.05) is 12.8 Å². The van der Waals surface area contributed by atoms with E-state index >= 15 is 0 Å². The molecule has 4 nitrogen and oxygen atoms in total. The van der Waals surface area contributed by atoms with Crippen LogP contribution in [0.15, 0.2) is 22.7 Å². The third-order valence-electron chi connectivity index (χ3n) is 3.22. The molecule has 1 fully saturated rings. The SMILES string of the molecule is CSC1(CNCc2ccc(Br)c([N+](=O)[O-])c2)CC1. The standard InChI is InChI=1S/C12H15BrN2O2S/c1-18-12(4-5-12)8-14-7-9-2-3-10(13)11(6-9)15(16)17/h2-3,6,14H,4-5,7-8H2,1H3. The third kappa shape index (κ3) is 3.24. The minimum atomic E-state index is -0.363. The molecule has 0 amide bonds. The average Bonchev–Trinajstić information content (AvgIpc) is 3.11. The molecule has 0 bridgehead atoms. The van der Waals surface area contributed by atoms with Crippen molar-refractivity contribution >= 4 is 33.4 Å². The maximum absolute atomic E-state index is 10.8. The fraction of sp³-hybridized carbons (Fsp3) is 0.500. The average molecular weight is 331 g/mol. The largest absolute Gasteiger partial charge is 0.311 e. The first kappa shape index (κ1) is 13.8. The van der Waals surface area contributed by atoms with Gasteiger partial charge in [0.1, 0.15) is 0 Å². The summed E-state index contributed by atoms with van der Waals surface area (Å²) in [5.41, 5.74) is 1.07. The summed E-state index contributed by atoms with van der Waals surface area (Å²) in [4.78, 5) is 10.5. The first-order valence-corrected chi connectivity index (χ1v) is 7.77. The first-order chi connectivity index (χ1) is 8.56. The van der Waals surface area contributed by atoms with E-state index in [1.54, 1.807) is 12.1 Å². The van der Waals surface area contributed by atoms with Crippen molar-refractivity contribution in [1.29, 1.82) is 0 Å². The minimum Gasteiger partial charge on any atom is -0.311 e. The van der Waals surface area contributed by atoms with E-state index in [2.05, 4.69) is 27.5 Å². The van der Waals surface area contributed by atoms with Crippen molar-refractivity contribution in [2.24, 2.45) is 0 Å². The second-order valence-corrected chi connectivity index (χ2v) is 6.66. The van der Waals surface area contributed by atoms with Crippen molar-refractivity contribution in [3.8, 4) is 0 Å². The van der Waals surface area contributed by atoms with Gasteiger partial charge in [0.05, 0.1) is 9.40 Å². The number of hydrogen-bond acceptors (Lipinski definition) is 4. The summed E-state index contributed by atoms with van der Waals surface area (Å²) in [5, 5.41) is 14.2. The normalized spacial score (nSPS) is 16.6. The molecule has 1 aliphatic carbocycles. The quantitative estimate of drug-likeness (QED) is 0.642. The van der Waals surface area contributed by atoms with Gasteiger partial charge in [-0.15, -0.1) is 0 Å². The molecule has 0 aliphatic heterocycles. The Hall–Kier alpha value is -0.590. The van der Waals surface area contributed by atoms with E-state index in [0.29, 0.717) is 15.8 Å². The van der Waals surface area contributed by atoms with Crippen LogP contribution < -0.4 is 5.32 Å². The van der Waals surface area contributed by atoms with E-state index in [-0.39, 0.29) is 10.6 Å². The molecule has 1 N–H and O–H groups in total. The Morgan fingerprint density at radius 1 is 1.56 bits per heavy atom. The molecule has 18 heavy (non-hydrogen) atoms. The maximum atomic E-state index is 10.8. The van der Waals surface area contributed by atoms with E-state index in [0.717, 1.165) is 12.1 Å². The van der Waals surface area contributed by atoms with Gasteiger partial charge in [-0.05, 0) is 46.7 Å². The Bertz CT molecular complexity index is 463. The van der Waals surface area contributed by atoms with E-state index in [1.165, 1.54) is 12.8 Å². The highest BCUT2D eigenvalue weighted by Gasteiger charge is 2.41. The third-order valence-corrected chi connectivity index (χ3v) is 5.31. The van der Waals surface area contributed by atoms with Gasteiger partial charge in [0.25, 0.3) is 5.69 Å². The van der Waals surface area contributed by atoms with Crippen molar-refractivity contribution in [3.05, 3.63) is 38.3 Å². The number of rotatable bonds is 6. The van der Waals surface area contributed by atoms with Crippen LogP contribution in [0.25, 0.3) is 0 Å².